The average molecular weight is 430 g/mol. The van der Waals surface area contributed by atoms with Gasteiger partial charge in [0.1, 0.15) is 5.52 Å². The van der Waals surface area contributed by atoms with E-state index in [-0.39, 0.29) is 11.0 Å². The molecule has 31 heavy (non-hydrogen) atoms. The van der Waals surface area contributed by atoms with Gasteiger partial charge in [0.05, 0.1) is 0 Å². The molecule has 0 spiro atoms. The topological polar surface area (TPSA) is 67.2 Å². The summed E-state index contributed by atoms with van der Waals surface area (Å²) in [5, 5.41) is 5.98. The lowest BCUT2D eigenvalue weighted by atomic mass is 10.1. The number of hydrogen-bond acceptors (Lipinski definition) is 4. The number of thiocarbonyl (C=S) groups is 1. The van der Waals surface area contributed by atoms with E-state index in [0.717, 1.165) is 28.8 Å². The van der Waals surface area contributed by atoms with Crippen LogP contribution in [-0.2, 0) is 6.42 Å². The quantitative estimate of drug-likeness (QED) is 0.401. The Labute approximate surface area is 186 Å². The van der Waals surface area contributed by atoms with E-state index in [2.05, 4.69) is 54.6 Å². The van der Waals surface area contributed by atoms with Crippen LogP contribution in [0.15, 0.2) is 65.1 Å². The number of nitrogens with zero attached hydrogens (tertiary/aromatic N) is 1. The molecule has 0 aliphatic rings. The molecule has 0 fully saturated rings. The highest BCUT2D eigenvalue weighted by atomic mass is 32.1. The third-order valence-corrected chi connectivity index (χ3v) is 5.17. The predicted octanol–water partition coefficient (Wildman–Crippen LogP) is 5.80. The number of aromatic nitrogens is 1. The predicted molar refractivity (Wildman–Crippen MR) is 128 cm³/mol. The Morgan fingerprint density at radius 1 is 1.00 bits per heavy atom. The molecule has 6 heteroatoms. The summed E-state index contributed by atoms with van der Waals surface area (Å²) < 4.78 is 5.92. The number of carbonyl (C=O) groups is 1. The van der Waals surface area contributed by atoms with Crippen molar-refractivity contribution in [1.82, 2.24) is 10.3 Å². The van der Waals surface area contributed by atoms with E-state index < -0.39 is 0 Å². The zero-order valence-corrected chi connectivity index (χ0v) is 18.5. The van der Waals surface area contributed by atoms with Crippen LogP contribution in [0.2, 0.25) is 0 Å². The monoisotopic (exact) mass is 429 g/mol. The highest BCUT2D eigenvalue weighted by Gasteiger charge is 2.12. The molecule has 5 nitrogen and oxygen atoms in total. The Kier molecular flexibility index (Phi) is 5.82. The number of oxazole rings is 1. The molecule has 3 aromatic carbocycles. The van der Waals surface area contributed by atoms with Gasteiger partial charge in [0, 0.05) is 16.8 Å². The van der Waals surface area contributed by atoms with Gasteiger partial charge in [-0.25, -0.2) is 4.98 Å². The number of amides is 1. The second-order valence-electron chi connectivity index (χ2n) is 7.54. The first-order chi connectivity index (χ1) is 14.9. The fourth-order valence-corrected chi connectivity index (χ4v) is 3.67. The SMILES string of the molecule is CCc1ccc(C(=O)NC(=S)Nc2ccc3oc(-c4cc(C)cc(C)c4)nc3c2)cc1. The van der Waals surface area contributed by atoms with E-state index in [4.69, 9.17) is 16.6 Å². The van der Waals surface area contributed by atoms with Gasteiger partial charge in [0.15, 0.2) is 10.7 Å². The van der Waals surface area contributed by atoms with Crippen LogP contribution in [0.4, 0.5) is 5.69 Å². The third kappa shape index (κ3) is 4.81. The molecule has 0 radical (unpaired) electrons. The Morgan fingerprint density at radius 2 is 1.71 bits per heavy atom. The fraction of sp³-hybridized carbons (Fsp3) is 0.160. The van der Waals surface area contributed by atoms with Crippen LogP contribution in [0.3, 0.4) is 0 Å². The third-order valence-electron chi connectivity index (χ3n) is 4.97. The first-order valence-electron chi connectivity index (χ1n) is 10.1. The molecule has 0 bridgehead atoms. The van der Waals surface area contributed by atoms with Crippen molar-refractivity contribution >= 4 is 40.0 Å². The second-order valence-corrected chi connectivity index (χ2v) is 7.94. The molecule has 1 aromatic heterocycles. The molecule has 0 aliphatic carbocycles. The van der Waals surface area contributed by atoms with Gasteiger partial charge < -0.3 is 9.73 Å². The summed E-state index contributed by atoms with van der Waals surface area (Å²) in [4.78, 5) is 17.0. The highest BCUT2D eigenvalue weighted by Crippen LogP contribution is 2.27. The standard InChI is InChI=1S/C25H23N3O2S/c1-4-17-5-7-18(8-6-17)23(29)28-25(31)26-20-9-10-22-21(14-20)27-24(30-22)19-12-15(2)11-16(3)13-19/h5-14H,4H2,1-3H3,(H2,26,28,29,31). The van der Waals surface area contributed by atoms with Crippen LogP contribution < -0.4 is 10.6 Å². The van der Waals surface area contributed by atoms with Gasteiger partial charge in [-0.3, -0.25) is 10.1 Å². The molecule has 1 heterocycles. The van der Waals surface area contributed by atoms with Crippen molar-refractivity contribution in [2.75, 3.05) is 5.32 Å². The Hall–Kier alpha value is -3.51. The molecule has 0 atom stereocenters. The van der Waals surface area contributed by atoms with Gasteiger partial charge in [-0.05, 0) is 80.5 Å². The van der Waals surface area contributed by atoms with Gasteiger partial charge in [0.2, 0.25) is 5.89 Å². The van der Waals surface area contributed by atoms with Crippen LogP contribution in [0.5, 0.6) is 0 Å². The van der Waals surface area contributed by atoms with Gasteiger partial charge in [-0.2, -0.15) is 0 Å². The van der Waals surface area contributed by atoms with Crippen molar-refractivity contribution < 1.29 is 9.21 Å². The van der Waals surface area contributed by atoms with Gasteiger partial charge >= 0.3 is 0 Å². The number of carbonyl (C=O) groups excluding carboxylic acids is 1. The largest absolute Gasteiger partial charge is 0.436 e. The molecule has 4 aromatic rings. The lowest BCUT2D eigenvalue weighted by Crippen LogP contribution is -2.34. The van der Waals surface area contributed by atoms with Crippen molar-refractivity contribution in [2.24, 2.45) is 0 Å². The fourth-order valence-electron chi connectivity index (χ4n) is 3.46. The number of anilines is 1. The minimum absolute atomic E-state index is 0.224. The molecular formula is C25H23N3O2S. The summed E-state index contributed by atoms with van der Waals surface area (Å²) in [5.41, 5.74) is 7.12. The number of nitrogens with one attached hydrogen (secondary N) is 2. The molecule has 0 aliphatic heterocycles. The molecule has 4 rings (SSSR count). The zero-order valence-electron chi connectivity index (χ0n) is 17.7. The van der Waals surface area contributed by atoms with E-state index in [1.807, 2.05) is 30.3 Å². The minimum Gasteiger partial charge on any atom is -0.436 e. The summed E-state index contributed by atoms with van der Waals surface area (Å²) in [5.74, 6) is 0.324. The molecule has 2 N–H and O–H groups in total. The minimum atomic E-state index is -0.250. The zero-order chi connectivity index (χ0) is 22.0. The normalized spacial score (nSPS) is 10.8. The van der Waals surface area contributed by atoms with Crippen molar-refractivity contribution in [3.8, 4) is 11.5 Å². The van der Waals surface area contributed by atoms with Crippen LogP contribution in [0.25, 0.3) is 22.6 Å². The van der Waals surface area contributed by atoms with Crippen molar-refractivity contribution in [3.05, 3.63) is 82.9 Å². The van der Waals surface area contributed by atoms with E-state index in [1.165, 1.54) is 5.56 Å². The Balaban J connectivity index is 1.48. The highest BCUT2D eigenvalue weighted by molar-refractivity contribution is 7.80. The summed E-state index contributed by atoms with van der Waals surface area (Å²) in [7, 11) is 0. The maximum Gasteiger partial charge on any atom is 0.257 e. The van der Waals surface area contributed by atoms with Crippen molar-refractivity contribution in [2.45, 2.75) is 27.2 Å². The first kappa shape index (κ1) is 20.8. The van der Waals surface area contributed by atoms with Crippen LogP contribution in [0, 0.1) is 13.8 Å². The molecular weight excluding hydrogens is 406 g/mol. The lowest BCUT2D eigenvalue weighted by molar-refractivity contribution is 0.0977. The van der Waals surface area contributed by atoms with Crippen LogP contribution in [0.1, 0.15) is 34.0 Å². The number of aryl methyl sites for hydroxylation is 3. The van der Waals surface area contributed by atoms with E-state index >= 15 is 0 Å². The number of rotatable bonds is 4. The number of benzene rings is 3. The lowest BCUT2D eigenvalue weighted by Gasteiger charge is -2.09. The maximum atomic E-state index is 12.4. The Morgan fingerprint density at radius 3 is 2.39 bits per heavy atom. The molecule has 156 valence electrons. The summed E-state index contributed by atoms with van der Waals surface area (Å²) in [6, 6.07) is 19.2. The van der Waals surface area contributed by atoms with E-state index in [0.29, 0.717) is 22.6 Å². The first-order valence-corrected chi connectivity index (χ1v) is 10.5. The summed E-state index contributed by atoms with van der Waals surface area (Å²) in [6.07, 6.45) is 0.928. The average Bonchev–Trinajstić information content (AvgIpc) is 3.16. The van der Waals surface area contributed by atoms with Crippen LogP contribution >= 0.6 is 12.2 Å². The maximum absolute atomic E-state index is 12.4. The van der Waals surface area contributed by atoms with E-state index in [1.54, 1.807) is 12.1 Å². The van der Waals surface area contributed by atoms with Gasteiger partial charge in [-0.15, -0.1) is 0 Å². The molecule has 1 amide bonds. The molecule has 0 saturated carbocycles. The van der Waals surface area contributed by atoms with Crippen LogP contribution in [-0.4, -0.2) is 16.0 Å². The van der Waals surface area contributed by atoms with E-state index in [9.17, 15) is 4.79 Å². The van der Waals surface area contributed by atoms with Crippen molar-refractivity contribution in [1.29, 1.82) is 0 Å². The summed E-state index contributed by atoms with van der Waals surface area (Å²) >= 11 is 5.31. The van der Waals surface area contributed by atoms with Gasteiger partial charge in [0.25, 0.3) is 5.91 Å². The van der Waals surface area contributed by atoms with Crippen molar-refractivity contribution in [3.63, 3.8) is 0 Å². The van der Waals surface area contributed by atoms with Gasteiger partial charge in [-0.1, -0.05) is 36.2 Å². The second kappa shape index (κ2) is 8.70. The number of hydrogen-bond donors (Lipinski definition) is 2. The summed E-state index contributed by atoms with van der Waals surface area (Å²) in [6.45, 7) is 6.17. The molecule has 0 unspecified atom stereocenters. The smallest absolute Gasteiger partial charge is 0.257 e. The number of fused-ring (bicyclic) bond motifs is 1. The molecule has 0 saturated heterocycles. The Bertz CT molecular complexity index is 1260.